The van der Waals surface area contributed by atoms with Gasteiger partial charge in [0.25, 0.3) is 0 Å². The maximum Gasteiger partial charge on any atom is 0.100 e. The lowest BCUT2D eigenvalue weighted by atomic mass is 9.50. The summed E-state index contributed by atoms with van der Waals surface area (Å²) in [6.45, 7) is 7.64. The Balaban J connectivity index is 1.99. The molecule has 4 rings (SSSR count). The predicted molar refractivity (Wildman–Crippen MR) is 79.2 cm³/mol. The van der Waals surface area contributed by atoms with Crippen molar-refractivity contribution in [3.05, 3.63) is 12.2 Å². The molecule has 2 nitrogen and oxygen atoms in total. The van der Waals surface area contributed by atoms with E-state index in [-0.39, 0.29) is 16.2 Å². The molecule has 6 atom stereocenters. The molecule has 1 spiro atoms. The van der Waals surface area contributed by atoms with E-state index in [0.717, 1.165) is 6.42 Å². The quantitative estimate of drug-likeness (QED) is 0.783. The molecule has 0 radical (unpaired) electrons. The Morgan fingerprint density at radius 1 is 1.25 bits per heavy atom. The molecule has 0 amide bonds. The van der Waals surface area contributed by atoms with Gasteiger partial charge in [-0.2, -0.15) is 0 Å². The molecule has 4 aliphatic carbocycles. The average Bonchev–Trinajstić information content (AvgIpc) is 2.91. The summed E-state index contributed by atoms with van der Waals surface area (Å²) in [6, 6.07) is 0. The van der Waals surface area contributed by atoms with Gasteiger partial charge in [-0.05, 0) is 42.4 Å². The summed E-state index contributed by atoms with van der Waals surface area (Å²) in [5, 5.41) is 11.9. The highest BCUT2D eigenvalue weighted by Gasteiger charge is 2.83. The molecular formula is C18H28O2. The Labute approximate surface area is 122 Å². The van der Waals surface area contributed by atoms with Gasteiger partial charge in [0.2, 0.25) is 0 Å². The molecular weight excluding hydrogens is 248 g/mol. The van der Waals surface area contributed by atoms with E-state index in [1.165, 1.54) is 19.3 Å². The third-order valence-electron chi connectivity index (χ3n) is 8.22. The van der Waals surface area contributed by atoms with Gasteiger partial charge < -0.3 is 9.84 Å². The first-order valence-electron chi connectivity index (χ1n) is 8.25. The van der Waals surface area contributed by atoms with Gasteiger partial charge in [-0.15, -0.1) is 0 Å². The van der Waals surface area contributed by atoms with Gasteiger partial charge in [0, 0.05) is 17.9 Å². The molecule has 112 valence electrons. The van der Waals surface area contributed by atoms with E-state index in [2.05, 4.69) is 32.9 Å². The monoisotopic (exact) mass is 276 g/mol. The summed E-state index contributed by atoms with van der Waals surface area (Å²) in [5.74, 6) is 1.85. The van der Waals surface area contributed by atoms with Crippen LogP contribution in [0, 0.1) is 34.0 Å². The highest BCUT2D eigenvalue weighted by molar-refractivity contribution is 5.36. The Kier molecular flexibility index (Phi) is 2.35. The second-order valence-electron chi connectivity index (χ2n) is 8.62. The molecule has 3 saturated carbocycles. The third kappa shape index (κ3) is 1.01. The van der Waals surface area contributed by atoms with Crippen LogP contribution < -0.4 is 0 Å². The van der Waals surface area contributed by atoms with Crippen LogP contribution in [0.15, 0.2) is 12.2 Å². The fourth-order valence-electron chi connectivity index (χ4n) is 7.41. The first kappa shape index (κ1) is 13.3. The van der Waals surface area contributed by atoms with Crippen LogP contribution in [-0.2, 0) is 4.74 Å². The molecule has 0 aliphatic heterocycles. The second-order valence-corrected chi connectivity index (χ2v) is 8.62. The highest BCUT2D eigenvalue weighted by atomic mass is 16.5. The van der Waals surface area contributed by atoms with Crippen molar-refractivity contribution in [3.8, 4) is 0 Å². The molecule has 0 aromatic carbocycles. The standard InChI is InChI=1S/C18H28O2/c1-15(2)14-12-7-8-13-6-5-9-17(13,14)18(19,11-20-4)16(15,3)10-12/h7-8,12-14,19H,5-6,9-11H2,1-4H3. The minimum atomic E-state index is -0.661. The highest BCUT2D eigenvalue weighted by Crippen LogP contribution is 2.83. The summed E-state index contributed by atoms with van der Waals surface area (Å²) in [4.78, 5) is 0. The average molecular weight is 276 g/mol. The number of methoxy groups -OCH3 is 1. The molecule has 0 aromatic rings. The molecule has 0 heterocycles. The lowest BCUT2D eigenvalue weighted by molar-refractivity contribution is -0.207. The number of allylic oxidation sites excluding steroid dienone is 2. The van der Waals surface area contributed by atoms with Gasteiger partial charge in [-0.1, -0.05) is 39.3 Å². The SMILES string of the molecule is COCC1(O)C23CCCC2C=CC2CC1(C)C(C)(C)C23. The van der Waals surface area contributed by atoms with Crippen LogP contribution in [0.1, 0.15) is 46.5 Å². The van der Waals surface area contributed by atoms with E-state index in [0.29, 0.717) is 24.4 Å². The van der Waals surface area contributed by atoms with E-state index in [1.54, 1.807) is 7.11 Å². The van der Waals surface area contributed by atoms with Crippen LogP contribution in [-0.4, -0.2) is 24.4 Å². The fourth-order valence-corrected chi connectivity index (χ4v) is 7.41. The maximum atomic E-state index is 11.9. The maximum absolute atomic E-state index is 11.9. The van der Waals surface area contributed by atoms with Gasteiger partial charge >= 0.3 is 0 Å². The van der Waals surface area contributed by atoms with Gasteiger partial charge in [0.05, 0.1) is 6.61 Å². The summed E-state index contributed by atoms with van der Waals surface area (Å²) in [7, 11) is 1.75. The Bertz CT molecular complexity index is 482. The molecule has 2 bridgehead atoms. The molecule has 2 heteroatoms. The van der Waals surface area contributed by atoms with Crippen LogP contribution in [0.2, 0.25) is 0 Å². The predicted octanol–water partition coefficient (Wildman–Crippen LogP) is 3.40. The fraction of sp³-hybridized carbons (Fsp3) is 0.889. The van der Waals surface area contributed by atoms with Crippen LogP contribution in [0.5, 0.6) is 0 Å². The summed E-state index contributed by atoms with van der Waals surface area (Å²) >= 11 is 0. The minimum Gasteiger partial charge on any atom is -0.386 e. The smallest absolute Gasteiger partial charge is 0.100 e. The number of fused-ring (bicyclic) bond motifs is 1. The van der Waals surface area contributed by atoms with Crippen molar-refractivity contribution in [2.45, 2.75) is 52.1 Å². The minimum absolute atomic E-state index is 0.0291. The van der Waals surface area contributed by atoms with Crippen molar-refractivity contribution in [2.24, 2.45) is 34.0 Å². The Morgan fingerprint density at radius 2 is 2.00 bits per heavy atom. The topological polar surface area (TPSA) is 29.5 Å². The van der Waals surface area contributed by atoms with Crippen LogP contribution >= 0.6 is 0 Å². The molecule has 6 unspecified atom stereocenters. The molecule has 20 heavy (non-hydrogen) atoms. The van der Waals surface area contributed by atoms with E-state index in [4.69, 9.17) is 4.74 Å². The lowest BCUT2D eigenvalue weighted by Crippen LogP contribution is -2.63. The van der Waals surface area contributed by atoms with Crippen LogP contribution in [0.4, 0.5) is 0 Å². The lowest BCUT2D eigenvalue weighted by Gasteiger charge is -2.57. The van der Waals surface area contributed by atoms with Crippen molar-refractivity contribution in [3.63, 3.8) is 0 Å². The van der Waals surface area contributed by atoms with Gasteiger partial charge in [-0.3, -0.25) is 0 Å². The van der Waals surface area contributed by atoms with Crippen molar-refractivity contribution in [1.82, 2.24) is 0 Å². The van der Waals surface area contributed by atoms with Crippen molar-refractivity contribution in [2.75, 3.05) is 13.7 Å². The largest absolute Gasteiger partial charge is 0.386 e. The van der Waals surface area contributed by atoms with E-state index >= 15 is 0 Å². The molecule has 0 saturated heterocycles. The van der Waals surface area contributed by atoms with Crippen molar-refractivity contribution < 1.29 is 9.84 Å². The number of hydrogen-bond acceptors (Lipinski definition) is 2. The summed E-state index contributed by atoms with van der Waals surface area (Å²) in [6.07, 6.45) is 9.74. The zero-order valence-corrected chi connectivity index (χ0v) is 13.3. The molecule has 0 aromatic heterocycles. The number of hydrogen-bond donors (Lipinski definition) is 1. The zero-order valence-electron chi connectivity index (χ0n) is 13.3. The Hall–Kier alpha value is -0.340. The molecule has 1 N–H and O–H groups in total. The van der Waals surface area contributed by atoms with E-state index < -0.39 is 5.60 Å². The van der Waals surface area contributed by atoms with Gasteiger partial charge in [-0.25, -0.2) is 0 Å². The summed E-state index contributed by atoms with van der Waals surface area (Å²) in [5.41, 5.74) is -0.429. The number of rotatable bonds is 2. The van der Waals surface area contributed by atoms with Crippen molar-refractivity contribution in [1.29, 1.82) is 0 Å². The first-order valence-corrected chi connectivity index (χ1v) is 8.25. The third-order valence-corrected chi connectivity index (χ3v) is 8.22. The zero-order chi connectivity index (χ0) is 14.4. The van der Waals surface area contributed by atoms with E-state index in [1.807, 2.05) is 0 Å². The van der Waals surface area contributed by atoms with Crippen LogP contribution in [0.3, 0.4) is 0 Å². The van der Waals surface area contributed by atoms with Crippen molar-refractivity contribution >= 4 is 0 Å². The first-order chi connectivity index (χ1) is 9.35. The number of ether oxygens (including phenoxy) is 1. The van der Waals surface area contributed by atoms with Gasteiger partial charge in [0.1, 0.15) is 5.60 Å². The van der Waals surface area contributed by atoms with E-state index in [9.17, 15) is 5.11 Å². The molecule has 3 fully saturated rings. The van der Waals surface area contributed by atoms with Gasteiger partial charge in [0.15, 0.2) is 0 Å². The normalized spacial score (nSPS) is 58.1. The molecule has 4 aliphatic rings. The summed E-state index contributed by atoms with van der Waals surface area (Å²) < 4.78 is 5.56. The Morgan fingerprint density at radius 3 is 2.70 bits per heavy atom. The van der Waals surface area contributed by atoms with Crippen LogP contribution in [0.25, 0.3) is 0 Å². The number of aliphatic hydroxyl groups is 1. The second kappa shape index (κ2) is 3.52.